The molecule has 1 aromatic carbocycles. The van der Waals surface area contributed by atoms with Gasteiger partial charge in [0.05, 0.1) is 17.3 Å². The van der Waals surface area contributed by atoms with Gasteiger partial charge in [-0.1, -0.05) is 18.2 Å². The molecule has 0 bridgehead atoms. The Morgan fingerprint density at radius 3 is 2.65 bits per heavy atom. The molecule has 0 saturated carbocycles. The van der Waals surface area contributed by atoms with Gasteiger partial charge in [-0.15, -0.1) is 0 Å². The summed E-state index contributed by atoms with van der Waals surface area (Å²) in [6.07, 6.45) is 1.03. The number of anilines is 1. The van der Waals surface area contributed by atoms with E-state index in [0.29, 0.717) is 24.1 Å². The summed E-state index contributed by atoms with van der Waals surface area (Å²) in [5.41, 5.74) is 6.64. The quantitative estimate of drug-likeness (QED) is 0.775. The molecular weight excluding hydrogens is 300 g/mol. The summed E-state index contributed by atoms with van der Waals surface area (Å²) in [5.74, 6) is -0.233. The highest BCUT2D eigenvalue weighted by atomic mass is 32.2. The molecule has 20 heavy (non-hydrogen) atoms. The van der Waals surface area contributed by atoms with Crippen LogP contribution in [0.3, 0.4) is 0 Å². The molecule has 0 aromatic heterocycles. The van der Waals surface area contributed by atoms with Crippen molar-refractivity contribution in [1.82, 2.24) is 4.72 Å². The van der Waals surface area contributed by atoms with Crippen LogP contribution in [0.25, 0.3) is 0 Å². The maximum absolute atomic E-state index is 12.1. The average Bonchev–Trinajstić information content (AvgIpc) is 2.30. The van der Waals surface area contributed by atoms with E-state index in [-0.39, 0.29) is 17.3 Å². The first kappa shape index (κ1) is 15.3. The van der Waals surface area contributed by atoms with E-state index in [2.05, 4.69) is 4.72 Å². The number of hydrogen-bond acceptors (Lipinski definition) is 5. The van der Waals surface area contributed by atoms with E-state index >= 15 is 0 Å². The minimum Gasteiger partial charge on any atom is -0.398 e. The molecule has 0 aliphatic carbocycles. The predicted octanol–water partition coefficient (Wildman–Crippen LogP) is 0.265. The first-order valence-corrected chi connectivity index (χ1v) is 9.79. The first-order valence-electron chi connectivity index (χ1n) is 6.31. The van der Waals surface area contributed by atoms with E-state index in [1.165, 1.54) is 0 Å². The van der Waals surface area contributed by atoms with Gasteiger partial charge in [-0.05, 0) is 24.5 Å². The number of nitrogens with two attached hydrogens (primary N) is 1. The van der Waals surface area contributed by atoms with Crippen LogP contribution in [-0.2, 0) is 25.6 Å². The second kappa shape index (κ2) is 5.71. The fourth-order valence-electron chi connectivity index (χ4n) is 2.28. The van der Waals surface area contributed by atoms with E-state index < -0.39 is 25.9 Å². The van der Waals surface area contributed by atoms with Crippen LogP contribution < -0.4 is 10.5 Å². The third kappa shape index (κ3) is 4.19. The zero-order valence-electron chi connectivity index (χ0n) is 10.9. The van der Waals surface area contributed by atoms with Gasteiger partial charge in [-0.3, -0.25) is 0 Å². The van der Waals surface area contributed by atoms with E-state index in [1.54, 1.807) is 24.3 Å². The summed E-state index contributed by atoms with van der Waals surface area (Å²) in [5, 5.41) is 0. The summed E-state index contributed by atoms with van der Waals surface area (Å²) in [7, 11) is -6.74. The highest BCUT2D eigenvalue weighted by Crippen LogP contribution is 2.16. The highest BCUT2D eigenvalue weighted by Gasteiger charge is 2.28. The van der Waals surface area contributed by atoms with Crippen LogP contribution in [0.2, 0.25) is 0 Å². The number of para-hydroxylation sites is 1. The third-order valence-electron chi connectivity index (χ3n) is 3.21. The van der Waals surface area contributed by atoms with Crippen LogP contribution in [0.5, 0.6) is 0 Å². The maximum atomic E-state index is 12.1. The Hall–Kier alpha value is -1.12. The third-order valence-corrected chi connectivity index (χ3v) is 6.41. The first-order chi connectivity index (χ1) is 9.27. The molecule has 8 heteroatoms. The molecular formula is C12H18N2O4S2. The largest absolute Gasteiger partial charge is 0.398 e. The van der Waals surface area contributed by atoms with Crippen molar-refractivity contribution < 1.29 is 16.8 Å². The van der Waals surface area contributed by atoms with Gasteiger partial charge in [0, 0.05) is 11.7 Å². The van der Waals surface area contributed by atoms with Gasteiger partial charge >= 0.3 is 0 Å². The standard InChI is InChI=1S/C12H18N2O4S2/c13-12-6-2-1-4-10(12)8-20(17,18)14-11-5-3-7-19(15,16)9-11/h1-2,4,6,11,14H,3,5,7-9,13H2. The zero-order valence-corrected chi connectivity index (χ0v) is 12.6. The second-order valence-corrected chi connectivity index (χ2v) is 9.01. The van der Waals surface area contributed by atoms with E-state index in [4.69, 9.17) is 5.73 Å². The average molecular weight is 318 g/mol. The summed E-state index contributed by atoms with van der Waals surface area (Å²) in [6, 6.07) is 6.18. The smallest absolute Gasteiger partial charge is 0.216 e. The molecule has 3 N–H and O–H groups in total. The molecule has 0 amide bonds. The molecule has 1 fully saturated rings. The van der Waals surface area contributed by atoms with Gasteiger partial charge in [-0.2, -0.15) is 0 Å². The van der Waals surface area contributed by atoms with Crippen LogP contribution in [0, 0.1) is 0 Å². The van der Waals surface area contributed by atoms with Crippen LogP contribution in [0.1, 0.15) is 18.4 Å². The van der Waals surface area contributed by atoms with Crippen molar-refractivity contribution in [3.05, 3.63) is 29.8 Å². The molecule has 1 heterocycles. The van der Waals surface area contributed by atoms with Crippen molar-refractivity contribution in [1.29, 1.82) is 0 Å². The Kier molecular flexibility index (Phi) is 4.36. The van der Waals surface area contributed by atoms with Gasteiger partial charge in [-0.25, -0.2) is 21.6 Å². The summed E-state index contributed by atoms with van der Waals surface area (Å²) < 4.78 is 49.6. The number of nitrogens with one attached hydrogen (secondary N) is 1. The number of hydrogen-bond donors (Lipinski definition) is 2. The van der Waals surface area contributed by atoms with Gasteiger partial charge in [0.1, 0.15) is 0 Å². The Bertz CT molecular complexity index is 683. The molecule has 2 rings (SSSR count). The Balaban J connectivity index is 2.06. The van der Waals surface area contributed by atoms with Crippen LogP contribution in [-0.4, -0.2) is 34.4 Å². The molecule has 1 atom stereocenters. The molecule has 1 aliphatic rings. The van der Waals surface area contributed by atoms with Gasteiger partial charge < -0.3 is 5.73 Å². The predicted molar refractivity (Wildman–Crippen MR) is 78.3 cm³/mol. The number of nitrogen functional groups attached to an aromatic ring is 1. The Morgan fingerprint density at radius 2 is 2.00 bits per heavy atom. The highest BCUT2D eigenvalue weighted by molar-refractivity contribution is 7.91. The van der Waals surface area contributed by atoms with Crippen molar-refractivity contribution in [2.24, 2.45) is 0 Å². The van der Waals surface area contributed by atoms with Crippen molar-refractivity contribution in [3.8, 4) is 0 Å². The summed E-state index contributed by atoms with van der Waals surface area (Å²) >= 11 is 0. The Labute approximate surface area is 119 Å². The van der Waals surface area contributed by atoms with Crippen molar-refractivity contribution in [2.45, 2.75) is 24.6 Å². The normalized spacial score (nSPS) is 22.5. The van der Waals surface area contributed by atoms with Gasteiger partial charge in [0.15, 0.2) is 9.84 Å². The number of sulfonamides is 1. The minimum atomic E-state index is -3.60. The molecule has 6 nitrogen and oxygen atoms in total. The molecule has 1 aliphatic heterocycles. The van der Waals surface area contributed by atoms with E-state index in [9.17, 15) is 16.8 Å². The maximum Gasteiger partial charge on any atom is 0.216 e. The number of rotatable bonds is 4. The lowest BCUT2D eigenvalue weighted by Crippen LogP contribution is -2.43. The van der Waals surface area contributed by atoms with Crippen LogP contribution >= 0.6 is 0 Å². The van der Waals surface area contributed by atoms with E-state index in [0.717, 1.165) is 0 Å². The van der Waals surface area contributed by atoms with Crippen LogP contribution in [0.15, 0.2) is 24.3 Å². The van der Waals surface area contributed by atoms with Gasteiger partial charge in [0.25, 0.3) is 0 Å². The lowest BCUT2D eigenvalue weighted by Gasteiger charge is -2.23. The fourth-order valence-corrected chi connectivity index (χ4v) is 5.49. The lowest BCUT2D eigenvalue weighted by molar-refractivity contribution is 0.517. The van der Waals surface area contributed by atoms with Crippen molar-refractivity contribution in [2.75, 3.05) is 17.2 Å². The molecule has 1 saturated heterocycles. The molecule has 0 radical (unpaired) electrons. The lowest BCUT2D eigenvalue weighted by atomic mass is 10.2. The molecule has 1 unspecified atom stereocenters. The number of benzene rings is 1. The van der Waals surface area contributed by atoms with Gasteiger partial charge in [0.2, 0.25) is 10.0 Å². The second-order valence-electron chi connectivity index (χ2n) is 5.03. The van der Waals surface area contributed by atoms with E-state index in [1.807, 2.05) is 0 Å². The summed E-state index contributed by atoms with van der Waals surface area (Å²) in [4.78, 5) is 0. The van der Waals surface area contributed by atoms with Crippen molar-refractivity contribution >= 4 is 25.5 Å². The van der Waals surface area contributed by atoms with Crippen molar-refractivity contribution in [3.63, 3.8) is 0 Å². The number of sulfone groups is 1. The SMILES string of the molecule is Nc1ccccc1CS(=O)(=O)NC1CCCS(=O)(=O)C1. The van der Waals surface area contributed by atoms with Crippen LogP contribution in [0.4, 0.5) is 5.69 Å². The monoisotopic (exact) mass is 318 g/mol. The molecule has 112 valence electrons. The fraction of sp³-hybridized carbons (Fsp3) is 0.500. The topological polar surface area (TPSA) is 106 Å². The zero-order chi connectivity index (χ0) is 14.8. The molecule has 1 aromatic rings. The Morgan fingerprint density at radius 1 is 1.30 bits per heavy atom. The minimum absolute atomic E-state index is 0.128. The summed E-state index contributed by atoms with van der Waals surface area (Å²) in [6.45, 7) is 0. The molecule has 0 spiro atoms.